The second kappa shape index (κ2) is 16.2. The molecule has 1 aliphatic rings. The van der Waals surface area contributed by atoms with Crippen LogP contribution in [0.1, 0.15) is 36.8 Å². The molecule has 0 saturated heterocycles. The number of benzene rings is 4. The summed E-state index contributed by atoms with van der Waals surface area (Å²) in [6.45, 7) is -0.721. The van der Waals surface area contributed by atoms with Gasteiger partial charge in [-0.3, -0.25) is 13.9 Å². The van der Waals surface area contributed by atoms with Crippen molar-refractivity contribution in [3.05, 3.63) is 119 Å². The molecule has 1 atom stereocenters. The van der Waals surface area contributed by atoms with E-state index in [0.29, 0.717) is 16.3 Å². The standard InChI is InChI=1S/C37H39ClFN3O6S/c1-47-34-21-20-32(23-35(34)48-2)49(45,46)42(31-18-14-28(38)15-19-31)25-36(43)41(24-27-12-16-29(39)17-13-27)33(22-26-8-4-3-5-9-26)37(44)40-30-10-6-7-11-30/h3-5,8-9,12-21,23,30,33H,6-7,10-11,22,24-25H2,1-2H3,(H,40,44)/t33-/m1/s1. The lowest BCUT2D eigenvalue weighted by molar-refractivity contribution is -0.140. The van der Waals surface area contributed by atoms with Crippen molar-refractivity contribution < 1.29 is 31.9 Å². The van der Waals surface area contributed by atoms with Gasteiger partial charge in [0.15, 0.2) is 11.5 Å². The number of sulfonamides is 1. The van der Waals surface area contributed by atoms with E-state index < -0.39 is 34.3 Å². The van der Waals surface area contributed by atoms with Crippen LogP contribution in [0.5, 0.6) is 11.5 Å². The zero-order valence-corrected chi connectivity index (χ0v) is 28.9. The van der Waals surface area contributed by atoms with Crippen molar-refractivity contribution in [1.29, 1.82) is 0 Å². The molecule has 258 valence electrons. The van der Waals surface area contributed by atoms with E-state index in [9.17, 15) is 22.4 Å². The third-order valence-electron chi connectivity index (χ3n) is 8.58. The maximum atomic E-state index is 14.6. The molecule has 1 N–H and O–H groups in total. The molecule has 0 spiro atoms. The third kappa shape index (κ3) is 8.90. The van der Waals surface area contributed by atoms with Gasteiger partial charge in [0.1, 0.15) is 18.4 Å². The summed E-state index contributed by atoms with van der Waals surface area (Å²) in [6, 6.07) is 24.2. The number of nitrogens with one attached hydrogen (secondary N) is 1. The summed E-state index contributed by atoms with van der Waals surface area (Å²) < 4.78 is 54.3. The maximum Gasteiger partial charge on any atom is 0.264 e. The van der Waals surface area contributed by atoms with Crippen molar-refractivity contribution >= 4 is 39.1 Å². The Labute approximate surface area is 291 Å². The molecule has 1 fully saturated rings. The first-order valence-corrected chi connectivity index (χ1v) is 17.8. The Bertz CT molecular complexity index is 1840. The predicted octanol–water partition coefficient (Wildman–Crippen LogP) is 6.39. The fraction of sp³-hybridized carbons (Fsp3) is 0.297. The van der Waals surface area contributed by atoms with Gasteiger partial charge in [-0.1, -0.05) is 66.9 Å². The van der Waals surface area contributed by atoms with Gasteiger partial charge < -0.3 is 19.7 Å². The van der Waals surface area contributed by atoms with Gasteiger partial charge in [-0.2, -0.15) is 0 Å². The third-order valence-corrected chi connectivity index (χ3v) is 10.6. The Hall–Kier alpha value is -4.61. The summed E-state index contributed by atoms with van der Waals surface area (Å²) in [4.78, 5) is 30.0. The smallest absolute Gasteiger partial charge is 0.264 e. The highest BCUT2D eigenvalue weighted by Gasteiger charge is 2.36. The summed E-state index contributed by atoms with van der Waals surface area (Å²) in [5.74, 6) is -0.900. The number of amides is 2. The van der Waals surface area contributed by atoms with E-state index in [1.165, 1.54) is 73.7 Å². The predicted molar refractivity (Wildman–Crippen MR) is 187 cm³/mol. The van der Waals surface area contributed by atoms with Crippen LogP contribution in [0, 0.1) is 5.82 Å². The highest BCUT2D eigenvalue weighted by molar-refractivity contribution is 7.92. The summed E-state index contributed by atoms with van der Waals surface area (Å²) in [6.07, 6.45) is 3.84. The molecule has 49 heavy (non-hydrogen) atoms. The van der Waals surface area contributed by atoms with Gasteiger partial charge in [-0.05, 0) is 72.5 Å². The number of halogens is 2. The topological polar surface area (TPSA) is 105 Å². The van der Waals surface area contributed by atoms with Gasteiger partial charge in [0.25, 0.3) is 10.0 Å². The molecule has 9 nitrogen and oxygen atoms in total. The van der Waals surface area contributed by atoms with Gasteiger partial charge in [0, 0.05) is 30.1 Å². The fourth-order valence-corrected chi connectivity index (χ4v) is 7.50. The molecule has 12 heteroatoms. The van der Waals surface area contributed by atoms with E-state index in [1.54, 1.807) is 12.1 Å². The number of carbonyl (C=O) groups excluding carboxylic acids is 2. The summed E-state index contributed by atoms with van der Waals surface area (Å²) in [5.41, 5.74) is 1.57. The minimum atomic E-state index is -4.40. The quantitative estimate of drug-likeness (QED) is 0.163. The van der Waals surface area contributed by atoms with Crippen molar-refractivity contribution in [3.8, 4) is 11.5 Å². The number of nitrogens with zero attached hydrogens (tertiary/aromatic N) is 2. The molecule has 0 heterocycles. The Morgan fingerprint density at radius 1 is 0.878 bits per heavy atom. The zero-order valence-electron chi connectivity index (χ0n) is 27.4. The van der Waals surface area contributed by atoms with E-state index in [0.717, 1.165) is 35.6 Å². The average Bonchev–Trinajstić information content (AvgIpc) is 3.63. The molecule has 1 saturated carbocycles. The molecule has 5 rings (SSSR count). The van der Waals surface area contributed by atoms with Crippen molar-refractivity contribution in [2.24, 2.45) is 0 Å². The largest absolute Gasteiger partial charge is 0.493 e. The SMILES string of the molecule is COc1ccc(S(=O)(=O)N(CC(=O)N(Cc2ccc(F)cc2)[C@H](Cc2ccccc2)C(=O)NC2CCCC2)c2ccc(Cl)cc2)cc1OC. The fourth-order valence-electron chi connectivity index (χ4n) is 5.95. The van der Waals surface area contributed by atoms with E-state index in [-0.39, 0.29) is 41.2 Å². The zero-order chi connectivity index (χ0) is 35.0. The molecule has 0 aromatic heterocycles. The Kier molecular flexibility index (Phi) is 11.8. The van der Waals surface area contributed by atoms with Crippen molar-refractivity contribution in [3.63, 3.8) is 0 Å². The molecule has 1 aliphatic carbocycles. The molecular formula is C37H39ClFN3O6S. The van der Waals surface area contributed by atoms with Crippen LogP contribution in [-0.2, 0) is 32.6 Å². The normalized spacial score (nSPS) is 13.8. The number of hydrogen-bond donors (Lipinski definition) is 1. The first-order chi connectivity index (χ1) is 23.6. The van der Waals surface area contributed by atoms with E-state index in [1.807, 2.05) is 30.3 Å². The molecule has 2 amide bonds. The second-order valence-corrected chi connectivity index (χ2v) is 14.1. The van der Waals surface area contributed by atoms with Crippen LogP contribution in [0.25, 0.3) is 0 Å². The van der Waals surface area contributed by atoms with Gasteiger partial charge in [0.2, 0.25) is 11.8 Å². The Morgan fingerprint density at radius 3 is 2.16 bits per heavy atom. The number of methoxy groups -OCH3 is 2. The Balaban J connectivity index is 1.57. The number of anilines is 1. The van der Waals surface area contributed by atoms with Gasteiger partial charge >= 0.3 is 0 Å². The van der Waals surface area contributed by atoms with Crippen LogP contribution < -0.4 is 19.1 Å². The molecule has 0 aliphatic heterocycles. The molecule has 0 radical (unpaired) electrons. The van der Waals surface area contributed by atoms with Crippen molar-refractivity contribution in [2.75, 3.05) is 25.1 Å². The number of rotatable bonds is 14. The van der Waals surface area contributed by atoms with Crippen molar-refractivity contribution in [2.45, 2.75) is 55.6 Å². The van der Waals surface area contributed by atoms with Gasteiger partial charge in [-0.25, -0.2) is 12.8 Å². The molecule has 4 aromatic carbocycles. The maximum absolute atomic E-state index is 14.6. The minimum absolute atomic E-state index is 0.0236. The monoisotopic (exact) mass is 707 g/mol. The van der Waals surface area contributed by atoms with Crippen LogP contribution in [0.4, 0.5) is 10.1 Å². The molecular weight excluding hydrogens is 669 g/mol. The first-order valence-electron chi connectivity index (χ1n) is 16.0. The molecule has 0 bridgehead atoms. The molecule has 4 aromatic rings. The van der Waals surface area contributed by atoms with Crippen LogP contribution in [0.2, 0.25) is 5.02 Å². The summed E-state index contributed by atoms with van der Waals surface area (Å²) in [7, 11) is -1.56. The van der Waals surface area contributed by atoms with Crippen LogP contribution in [0.3, 0.4) is 0 Å². The van der Waals surface area contributed by atoms with Crippen LogP contribution in [-0.4, -0.2) is 58.0 Å². The first kappa shape index (κ1) is 35.7. The highest BCUT2D eigenvalue weighted by atomic mass is 35.5. The summed E-state index contributed by atoms with van der Waals surface area (Å²) >= 11 is 6.16. The number of ether oxygens (including phenoxy) is 2. The number of carbonyl (C=O) groups is 2. The second-order valence-electron chi connectivity index (χ2n) is 11.8. The van der Waals surface area contributed by atoms with E-state index in [2.05, 4.69) is 5.32 Å². The lowest BCUT2D eigenvalue weighted by Gasteiger charge is -2.34. The minimum Gasteiger partial charge on any atom is -0.493 e. The summed E-state index contributed by atoms with van der Waals surface area (Å²) in [5, 5.41) is 3.51. The van der Waals surface area contributed by atoms with Gasteiger partial charge in [0.05, 0.1) is 24.8 Å². The average molecular weight is 708 g/mol. The van der Waals surface area contributed by atoms with Crippen molar-refractivity contribution in [1.82, 2.24) is 10.2 Å². The van der Waals surface area contributed by atoms with E-state index in [4.69, 9.17) is 21.1 Å². The van der Waals surface area contributed by atoms with Crippen LogP contribution >= 0.6 is 11.6 Å². The van der Waals surface area contributed by atoms with Crippen LogP contribution in [0.15, 0.2) is 102 Å². The molecule has 0 unspecified atom stereocenters. The Morgan fingerprint density at radius 2 is 1.53 bits per heavy atom. The number of hydrogen-bond acceptors (Lipinski definition) is 6. The lowest BCUT2D eigenvalue weighted by atomic mass is 10.0. The van der Waals surface area contributed by atoms with Gasteiger partial charge in [-0.15, -0.1) is 0 Å². The highest BCUT2D eigenvalue weighted by Crippen LogP contribution is 2.33. The lowest BCUT2D eigenvalue weighted by Crippen LogP contribution is -2.54. The van der Waals surface area contributed by atoms with E-state index >= 15 is 0 Å².